The Morgan fingerprint density at radius 2 is 1.52 bits per heavy atom. The third kappa shape index (κ3) is 6.85. The summed E-state index contributed by atoms with van der Waals surface area (Å²) in [5.41, 5.74) is 1.27. The second-order valence-electron chi connectivity index (χ2n) is 6.35. The van der Waals surface area contributed by atoms with Crippen molar-refractivity contribution < 1.29 is 9.84 Å². The van der Waals surface area contributed by atoms with E-state index in [4.69, 9.17) is 4.74 Å². The number of benzene rings is 2. The van der Waals surface area contributed by atoms with Crippen LogP contribution in [0, 0.1) is 5.92 Å². The van der Waals surface area contributed by atoms with Crippen LogP contribution in [-0.4, -0.2) is 35.8 Å². The van der Waals surface area contributed by atoms with Crippen molar-refractivity contribution in [2.45, 2.75) is 26.5 Å². The Bertz CT molecular complexity index is 542. The third-order valence-corrected chi connectivity index (χ3v) is 3.53. The molecule has 0 radical (unpaired) electrons. The van der Waals surface area contributed by atoms with Crippen molar-refractivity contribution in [1.29, 1.82) is 0 Å². The van der Waals surface area contributed by atoms with Gasteiger partial charge in [-0.1, -0.05) is 62.4 Å². The molecule has 23 heavy (non-hydrogen) atoms. The van der Waals surface area contributed by atoms with Gasteiger partial charge in [0.2, 0.25) is 0 Å². The Labute approximate surface area is 139 Å². The molecular formula is C20H27NO2. The van der Waals surface area contributed by atoms with Crippen LogP contribution in [0.4, 0.5) is 0 Å². The minimum absolute atomic E-state index is 0.313. The molecule has 2 aromatic rings. The van der Waals surface area contributed by atoms with Crippen LogP contribution in [0.1, 0.15) is 19.4 Å². The van der Waals surface area contributed by atoms with E-state index in [2.05, 4.69) is 43.0 Å². The van der Waals surface area contributed by atoms with Crippen molar-refractivity contribution in [2.24, 2.45) is 5.92 Å². The summed E-state index contributed by atoms with van der Waals surface area (Å²) in [6.45, 7) is 7.13. The fourth-order valence-electron chi connectivity index (χ4n) is 2.62. The first-order chi connectivity index (χ1) is 11.1. The number of nitrogens with zero attached hydrogens (tertiary/aromatic N) is 1. The molecule has 0 aliphatic carbocycles. The van der Waals surface area contributed by atoms with Gasteiger partial charge in [-0.15, -0.1) is 0 Å². The van der Waals surface area contributed by atoms with Crippen LogP contribution in [0.25, 0.3) is 0 Å². The molecule has 1 atom stereocenters. The summed E-state index contributed by atoms with van der Waals surface area (Å²) in [5.74, 6) is 1.35. The average molecular weight is 313 g/mol. The first kappa shape index (κ1) is 17.5. The number of ether oxygens (including phenoxy) is 1. The molecule has 0 aliphatic rings. The van der Waals surface area contributed by atoms with Crippen LogP contribution in [0.5, 0.6) is 5.75 Å². The first-order valence-electron chi connectivity index (χ1n) is 8.25. The molecule has 3 heteroatoms. The van der Waals surface area contributed by atoms with Crippen molar-refractivity contribution in [2.75, 3.05) is 19.7 Å². The Morgan fingerprint density at radius 1 is 0.913 bits per heavy atom. The fourth-order valence-corrected chi connectivity index (χ4v) is 2.62. The molecule has 0 bridgehead atoms. The molecular weight excluding hydrogens is 286 g/mol. The highest BCUT2D eigenvalue weighted by Gasteiger charge is 2.14. The molecule has 1 N–H and O–H groups in total. The summed E-state index contributed by atoms with van der Waals surface area (Å²) in [7, 11) is 0. The summed E-state index contributed by atoms with van der Waals surface area (Å²) in [6, 6.07) is 20.0. The van der Waals surface area contributed by atoms with Crippen molar-refractivity contribution in [3.05, 3.63) is 66.2 Å². The van der Waals surface area contributed by atoms with E-state index in [0.29, 0.717) is 19.1 Å². The molecule has 124 valence electrons. The summed E-state index contributed by atoms with van der Waals surface area (Å²) >= 11 is 0. The molecule has 0 aliphatic heterocycles. The summed E-state index contributed by atoms with van der Waals surface area (Å²) in [4.78, 5) is 2.29. The number of aliphatic hydroxyl groups excluding tert-OH is 1. The lowest BCUT2D eigenvalue weighted by molar-refractivity contribution is 0.0615. The predicted octanol–water partition coefficient (Wildman–Crippen LogP) is 3.58. The molecule has 0 spiro atoms. The highest BCUT2D eigenvalue weighted by atomic mass is 16.5. The Hall–Kier alpha value is -1.84. The van der Waals surface area contributed by atoms with Gasteiger partial charge in [0, 0.05) is 19.6 Å². The van der Waals surface area contributed by atoms with Crippen LogP contribution in [-0.2, 0) is 6.54 Å². The van der Waals surface area contributed by atoms with Crippen LogP contribution in [0.2, 0.25) is 0 Å². The number of hydrogen-bond donors (Lipinski definition) is 1. The van der Waals surface area contributed by atoms with Gasteiger partial charge in [0.25, 0.3) is 0 Å². The molecule has 0 heterocycles. The monoisotopic (exact) mass is 313 g/mol. The largest absolute Gasteiger partial charge is 0.491 e. The van der Waals surface area contributed by atoms with E-state index in [9.17, 15) is 5.11 Å². The van der Waals surface area contributed by atoms with E-state index in [-0.39, 0.29) is 0 Å². The normalized spacial score (nSPS) is 12.6. The Kier molecular flexibility index (Phi) is 7.11. The second-order valence-corrected chi connectivity index (χ2v) is 6.35. The maximum absolute atomic E-state index is 10.3. The van der Waals surface area contributed by atoms with Crippen LogP contribution >= 0.6 is 0 Å². The molecule has 0 saturated carbocycles. The van der Waals surface area contributed by atoms with Crippen molar-refractivity contribution in [1.82, 2.24) is 4.90 Å². The standard InChI is InChI=1S/C20H27NO2/c1-17(2)13-21(14-18-9-5-3-6-10-18)15-19(22)16-23-20-11-7-4-8-12-20/h3-12,17,19,22H,13-16H2,1-2H3/t19-/m0/s1. The van der Waals surface area contributed by atoms with Gasteiger partial charge in [-0.2, -0.15) is 0 Å². The predicted molar refractivity (Wildman–Crippen MR) is 94.5 cm³/mol. The van der Waals surface area contributed by atoms with Gasteiger partial charge in [0.05, 0.1) is 0 Å². The van der Waals surface area contributed by atoms with E-state index in [1.165, 1.54) is 5.56 Å². The van der Waals surface area contributed by atoms with Gasteiger partial charge in [0.15, 0.2) is 0 Å². The van der Waals surface area contributed by atoms with Crippen molar-refractivity contribution in [3.63, 3.8) is 0 Å². The molecule has 0 fully saturated rings. The maximum Gasteiger partial charge on any atom is 0.119 e. The molecule has 2 rings (SSSR count). The van der Waals surface area contributed by atoms with Gasteiger partial charge in [0.1, 0.15) is 18.5 Å². The van der Waals surface area contributed by atoms with Crippen LogP contribution < -0.4 is 4.74 Å². The highest BCUT2D eigenvalue weighted by Crippen LogP contribution is 2.11. The van der Waals surface area contributed by atoms with Crippen molar-refractivity contribution >= 4 is 0 Å². The molecule has 0 aromatic heterocycles. The minimum atomic E-state index is -0.502. The lowest BCUT2D eigenvalue weighted by atomic mass is 10.1. The van der Waals surface area contributed by atoms with Gasteiger partial charge in [-0.05, 0) is 23.6 Å². The molecule has 2 aromatic carbocycles. The number of para-hydroxylation sites is 1. The third-order valence-electron chi connectivity index (χ3n) is 3.53. The second kappa shape index (κ2) is 9.33. The molecule has 0 amide bonds. The fraction of sp³-hybridized carbons (Fsp3) is 0.400. The molecule has 0 unspecified atom stereocenters. The van der Waals surface area contributed by atoms with Crippen LogP contribution in [0.15, 0.2) is 60.7 Å². The number of hydrogen-bond acceptors (Lipinski definition) is 3. The van der Waals surface area contributed by atoms with Gasteiger partial charge in [-0.3, -0.25) is 4.90 Å². The lowest BCUT2D eigenvalue weighted by Gasteiger charge is -2.27. The van der Waals surface area contributed by atoms with Gasteiger partial charge in [-0.25, -0.2) is 0 Å². The minimum Gasteiger partial charge on any atom is -0.491 e. The topological polar surface area (TPSA) is 32.7 Å². The quantitative estimate of drug-likeness (QED) is 0.768. The molecule has 3 nitrogen and oxygen atoms in total. The highest BCUT2D eigenvalue weighted by molar-refractivity contribution is 5.21. The zero-order valence-electron chi connectivity index (χ0n) is 14.1. The van der Waals surface area contributed by atoms with Gasteiger partial charge >= 0.3 is 0 Å². The first-order valence-corrected chi connectivity index (χ1v) is 8.25. The van der Waals surface area contributed by atoms with E-state index < -0.39 is 6.10 Å². The van der Waals surface area contributed by atoms with E-state index in [1.807, 2.05) is 36.4 Å². The smallest absolute Gasteiger partial charge is 0.119 e. The zero-order chi connectivity index (χ0) is 16.5. The number of aliphatic hydroxyl groups is 1. The average Bonchev–Trinajstić information content (AvgIpc) is 2.54. The zero-order valence-corrected chi connectivity index (χ0v) is 14.1. The summed E-state index contributed by atoms with van der Waals surface area (Å²) in [6.07, 6.45) is -0.502. The summed E-state index contributed by atoms with van der Waals surface area (Å²) in [5, 5.41) is 10.3. The Morgan fingerprint density at radius 3 is 2.13 bits per heavy atom. The SMILES string of the molecule is CC(C)CN(Cc1ccccc1)C[C@H](O)COc1ccccc1. The maximum atomic E-state index is 10.3. The van der Waals surface area contributed by atoms with Gasteiger partial charge < -0.3 is 9.84 Å². The number of rotatable bonds is 9. The van der Waals surface area contributed by atoms with E-state index >= 15 is 0 Å². The van der Waals surface area contributed by atoms with Crippen molar-refractivity contribution in [3.8, 4) is 5.75 Å². The lowest BCUT2D eigenvalue weighted by Crippen LogP contribution is -2.37. The van der Waals surface area contributed by atoms with E-state index in [1.54, 1.807) is 0 Å². The van der Waals surface area contributed by atoms with E-state index in [0.717, 1.165) is 18.8 Å². The van der Waals surface area contributed by atoms with Crippen LogP contribution in [0.3, 0.4) is 0 Å². The Balaban J connectivity index is 1.86. The molecule has 0 saturated heterocycles. The summed E-state index contributed by atoms with van der Waals surface area (Å²) < 4.78 is 5.65.